The van der Waals surface area contributed by atoms with Crippen LogP contribution in [0.4, 0.5) is 0 Å². The van der Waals surface area contributed by atoms with Gasteiger partial charge in [0.1, 0.15) is 0 Å². The molecule has 0 aromatic heterocycles. The van der Waals surface area contributed by atoms with Gasteiger partial charge in [-0.3, -0.25) is 4.79 Å². The summed E-state index contributed by atoms with van der Waals surface area (Å²) in [7, 11) is -3.16. The molecule has 0 bridgehead atoms. The van der Waals surface area contributed by atoms with Gasteiger partial charge in [-0.1, -0.05) is 0 Å². The molecule has 5 nitrogen and oxygen atoms in total. The van der Waals surface area contributed by atoms with Gasteiger partial charge in [0.2, 0.25) is 0 Å². The maximum Gasteiger partial charge on any atom is 0.306 e. The van der Waals surface area contributed by atoms with E-state index in [-0.39, 0.29) is 13.8 Å². The van der Waals surface area contributed by atoms with Crippen LogP contribution in [0.5, 0.6) is 0 Å². The summed E-state index contributed by atoms with van der Waals surface area (Å²) in [6, 6.07) is 0. The van der Waals surface area contributed by atoms with E-state index in [0.29, 0.717) is 0 Å². The van der Waals surface area contributed by atoms with Crippen LogP contribution in [0.1, 0.15) is 6.42 Å². The predicted molar refractivity (Wildman–Crippen MR) is 37.6 cm³/mol. The van der Waals surface area contributed by atoms with Gasteiger partial charge < -0.3 is 9.29 Å². The first-order valence-electron chi connectivity index (χ1n) is 2.46. The molecule has 0 radical (unpaired) electrons. The van der Waals surface area contributed by atoms with Gasteiger partial charge in [0.25, 0.3) is 0 Å². The number of methoxy groups -OCH3 is 1. The Bertz CT molecular complexity index is 205. The quantitative estimate of drug-likeness (QED) is 0.335. The number of hydrogen-bond donors (Lipinski definition) is 0. The number of ether oxygens (including phenoxy) is 1. The Labute approximate surface area is 66.1 Å². The Morgan fingerprint density at radius 2 is 2.00 bits per heavy atom. The number of hydrogen-bond acceptors (Lipinski definition) is 5. The van der Waals surface area contributed by atoms with Crippen LogP contribution in [0.25, 0.3) is 0 Å². The lowest BCUT2D eigenvalue weighted by Crippen LogP contribution is -2.10. The van der Waals surface area contributed by atoms with Crippen LogP contribution in [-0.4, -0.2) is 31.8 Å². The molecule has 0 aliphatic carbocycles. The van der Waals surface area contributed by atoms with E-state index < -0.39 is 21.8 Å². The van der Waals surface area contributed by atoms with Crippen molar-refractivity contribution >= 4 is 16.1 Å². The van der Waals surface area contributed by atoms with Crippen LogP contribution in [-0.2, 0) is 19.6 Å². The molecule has 0 fully saturated rings. The van der Waals surface area contributed by atoms with Crippen molar-refractivity contribution in [3.8, 4) is 0 Å². The zero-order valence-electron chi connectivity index (χ0n) is 6.36. The van der Waals surface area contributed by atoms with Crippen molar-refractivity contribution in [2.45, 2.75) is 6.42 Å². The Kier molecular flexibility index (Phi) is 5.83. The molecule has 0 aliphatic heterocycles. The largest absolute Gasteiger partial charge is 0.748 e. The highest BCUT2D eigenvalue weighted by atomic mass is 32.2. The van der Waals surface area contributed by atoms with Crippen LogP contribution < -0.4 is 0 Å². The Balaban J connectivity index is 0. The van der Waals surface area contributed by atoms with Gasteiger partial charge in [-0.25, -0.2) is 8.42 Å². The summed E-state index contributed by atoms with van der Waals surface area (Å²) in [5, 5.41) is 0. The summed E-state index contributed by atoms with van der Waals surface area (Å²) < 4.78 is 33.8. The minimum absolute atomic E-state index is 0. The van der Waals surface area contributed by atoms with Gasteiger partial charge in [-0.2, -0.15) is 0 Å². The average Bonchev–Trinajstić information content (AvgIpc) is 1.81. The van der Waals surface area contributed by atoms with E-state index in [1.165, 1.54) is 0 Å². The van der Waals surface area contributed by atoms with Gasteiger partial charge in [0, 0.05) is 13.2 Å². The molecule has 0 N–H and O–H groups in total. The number of rotatable bonds is 3. The van der Waals surface area contributed by atoms with E-state index in [4.69, 9.17) is 0 Å². The molecule has 0 aliphatic rings. The van der Waals surface area contributed by atoms with Crippen LogP contribution in [0.15, 0.2) is 0 Å². The minimum atomic E-state index is -4.28. The van der Waals surface area contributed by atoms with Crippen molar-refractivity contribution < 1.29 is 22.5 Å². The molecule has 6 heteroatoms. The number of esters is 1. The van der Waals surface area contributed by atoms with Crippen LogP contribution in [0, 0.1) is 7.43 Å². The standard InChI is InChI=1S/C4H8O5S.CH3/c1-9-4(5)2-3-10(6,7)8;/h2-3H2,1H3,(H,6,7,8);1H3/q;+1/p-1. The first-order valence-corrected chi connectivity index (χ1v) is 4.04. The second-order valence-corrected chi connectivity index (χ2v) is 3.11. The lowest BCUT2D eigenvalue weighted by Gasteiger charge is -2.03. The molecule has 0 amide bonds. The molecule has 0 spiro atoms. The molecule has 0 saturated carbocycles. The van der Waals surface area contributed by atoms with Gasteiger partial charge >= 0.3 is 5.97 Å². The first kappa shape index (κ1) is 12.9. The highest BCUT2D eigenvalue weighted by molar-refractivity contribution is 7.85. The van der Waals surface area contributed by atoms with Crippen molar-refractivity contribution in [3.63, 3.8) is 0 Å². The molecule has 0 aromatic carbocycles. The molecule has 0 unspecified atom stereocenters. The van der Waals surface area contributed by atoms with Crippen molar-refractivity contribution in [1.29, 1.82) is 0 Å². The first-order chi connectivity index (χ1) is 4.45. The third kappa shape index (κ3) is 9.25. The zero-order chi connectivity index (χ0) is 8.20. The molecule has 66 valence electrons. The fraction of sp³-hybridized carbons (Fsp3) is 0.600. The average molecular weight is 182 g/mol. The van der Waals surface area contributed by atoms with E-state index in [2.05, 4.69) is 4.74 Å². The highest BCUT2D eigenvalue weighted by Gasteiger charge is 2.02. The van der Waals surface area contributed by atoms with E-state index in [0.717, 1.165) is 7.11 Å². The lowest BCUT2D eigenvalue weighted by atomic mass is 10.5. The minimum Gasteiger partial charge on any atom is -0.748 e. The van der Waals surface area contributed by atoms with Gasteiger partial charge in [0.15, 0.2) is 0 Å². The summed E-state index contributed by atoms with van der Waals surface area (Å²) in [4.78, 5) is 10.2. The van der Waals surface area contributed by atoms with Crippen molar-refractivity contribution in [1.82, 2.24) is 0 Å². The molecule has 0 saturated heterocycles. The van der Waals surface area contributed by atoms with E-state index >= 15 is 0 Å². The topological polar surface area (TPSA) is 83.5 Å². The van der Waals surface area contributed by atoms with Crippen molar-refractivity contribution in [2.75, 3.05) is 12.9 Å². The second-order valence-electron chi connectivity index (χ2n) is 1.59. The third-order valence-corrected chi connectivity index (χ3v) is 1.49. The van der Waals surface area contributed by atoms with Crippen molar-refractivity contribution in [2.24, 2.45) is 0 Å². The van der Waals surface area contributed by atoms with Gasteiger partial charge in [-0.05, 0) is 0 Å². The Morgan fingerprint density at radius 3 is 2.27 bits per heavy atom. The lowest BCUT2D eigenvalue weighted by molar-refractivity contribution is -0.140. The number of carbonyl (C=O) groups is 1. The molecule has 0 aromatic rings. The summed E-state index contributed by atoms with van der Waals surface area (Å²) in [6.07, 6.45) is -0.373. The normalized spacial score (nSPS) is 10.0. The smallest absolute Gasteiger partial charge is 0.306 e. The summed E-state index contributed by atoms with van der Waals surface area (Å²) >= 11 is 0. The summed E-state index contributed by atoms with van der Waals surface area (Å²) in [5.41, 5.74) is 0. The zero-order valence-corrected chi connectivity index (χ0v) is 7.18. The molecular weight excluding hydrogens is 172 g/mol. The van der Waals surface area contributed by atoms with Gasteiger partial charge in [0.05, 0.1) is 23.6 Å². The molecular formula is C5H10O5S. The SMILES string of the molecule is COC(=O)CCS(=O)(=O)[O-].[CH3+]. The fourth-order valence-corrected chi connectivity index (χ4v) is 0.727. The Morgan fingerprint density at radius 1 is 1.55 bits per heavy atom. The summed E-state index contributed by atoms with van der Waals surface area (Å²) in [6.45, 7) is 0. The maximum atomic E-state index is 10.2. The molecule has 0 rings (SSSR count). The van der Waals surface area contributed by atoms with E-state index in [9.17, 15) is 17.8 Å². The van der Waals surface area contributed by atoms with Crippen molar-refractivity contribution in [3.05, 3.63) is 7.43 Å². The predicted octanol–water partition coefficient (Wildman–Crippen LogP) is -0.455. The molecule has 0 heterocycles. The van der Waals surface area contributed by atoms with Crippen LogP contribution in [0.3, 0.4) is 0 Å². The fourth-order valence-electron chi connectivity index (χ4n) is 0.310. The molecule has 0 atom stereocenters. The second kappa shape index (κ2) is 4.97. The number of carbonyl (C=O) groups excluding carboxylic acids is 1. The van der Waals surface area contributed by atoms with E-state index in [1.54, 1.807) is 0 Å². The van der Waals surface area contributed by atoms with Gasteiger partial charge in [-0.15, -0.1) is 0 Å². The monoisotopic (exact) mass is 182 g/mol. The summed E-state index contributed by atoms with van der Waals surface area (Å²) in [5.74, 6) is -1.39. The molecule has 11 heavy (non-hydrogen) atoms. The van der Waals surface area contributed by atoms with E-state index in [1.807, 2.05) is 0 Å². The van der Waals surface area contributed by atoms with Crippen LogP contribution in [0.2, 0.25) is 0 Å². The highest BCUT2D eigenvalue weighted by Crippen LogP contribution is 1.89. The Hall–Kier alpha value is -0.750. The third-order valence-electron chi connectivity index (χ3n) is 0.784. The van der Waals surface area contributed by atoms with Crippen LogP contribution >= 0.6 is 0 Å². The maximum absolute atomic E-state index is 10.2.